The highest BCUT2D eigenvalue weighted by Crippen LogP contribution is 2.30. The van der Waals surface area contributed by atoms with Gasteiger partial charge in [-0.2, -0.15) is 11.3 Å². The third-order valence-corrected chi connectivity index (χ3v) is 4.30. The Kier molecular flexibility index (Phi) is 4.98. The summed E-state index contributed by atoms with van der Waals surface area (Å²) in [6.07, 6.45) is 4.28. The van der Waals surface area contributed by atoms with Gasteiger partial charge in [0, 0.05) is 26.1 Å². The van der Waals surface area contributed by atoms with Crippen molar-refractivity contribution in [3.8, 4) is 11.5 Å². The summed E-state index contributed by atoms with van der Waals surface area (Å²) in [5, 5.41) is 4.07. The van der Waals surface area contributed by atoms with Crippen LogP contribution in [0, 0.1) is 0 Å². The van der Waals surface area contributed by atoms with E-state index in [4.69, 9.17) is 9.47 Å². The molecule has 1 aliphatic rings. The number of hydrogen-bond donors (Lipinski definition) is 0. The number of nitrogens with zero attached hydrogens (tertiary/aromatic N) is 1. The first-order valence-electron chi connectivity index (χ1n) is 7.56. The van der Waals surface area contributed by atoms with Gasteiger partial charge in [-0.1, -0.05) is 6.07 Å². The van der Waals surface area contributed by atoms with Crippen molar-refractivity contribution in [2.24, 2.45) is 0 Å². The maximum atomic E-state index is 12.2. The van der Waals surface area contributed by atoms with E-state index in [1.165, 1.54) is 0 Å². The Hall–Kier alpha value is -2.27. The van der Waals surface area contributed by atoms with Crippen LogP contribution in [0.1, 0.15) is 17.5 Å². The highest BCUT2D eigenvalue weighted by Gasteiger charge is 2.10. The molecule has 3 rings (SSSR count). The van der Waals surface area contributed by atoms with Crippen molar-refractivity contribution in [3.63, 3.8) is 0 Å². The molecule has 0 fully saturated rings. The van der Waals surface area contributed by atoms with Crippen LogP contribution in [0.25, 0.3) is 6.08 Å². The molecule has 0 saturated carbocycles. The maximum absolute atomic E-state index is 12.2. The predicted octanol–water partition coefficient (Wildman–Crippen LogP) is 3.58. The average molecular weight is 329 g/mol. The molecular formula is C18H19NO3S. The summed E-state index contributed by atoms with van der Waals surface area (Å²) in [5.41, 5.74) is 2.07. The zero-order valence-corrected chi connectivity index (χ0v) is 13.8. The maximum Gasteiger partial charge on any atom is 0.246 e. The number of likely N-dealkylation sites (N-methyl/N-ethyl adjacent to an activating group) is 1. The van der Waals surface area contributed by atoms with Crippen LogP contribution in [0.4, 0.5) is 0 Å². The molecule has 0 N–H and O–H groups in total. The Labute approximate surface area is 140 Å². The second-order valence-electron chi connectivity index (χ2n) is 5.42. The Bertz CT molecular complexity index is 694. The second-order valence-corrected chi connectivity index (χ2v) is 6.20. The third kappa shape index (κ3) is 4.13. The standard InChI is InChI=1S/C18H19NO3S/c1-19(12-15-7-10-23-13-15)18(20)6-4-14-3-5-16-17(11-14)22-9-2-8-21-16/h3-7,10-11,13H,2,8-9,12H2,1H3/b6-4+. The van der Waals surface area contributed by atoms with Crippen molar-refractivity contribution in [3.05, 3.63) is 52.2 Å². The number of ether oxygens (including phenoxy) is 2. The van der Waals surface area contributed by atoms with Gasteiger partial charge in [-0.3, -0.25) is 4.79 Å². The van der Waals surface area contributed by atoms with E-state index in [1.54, 1.807) is 35.4 Å². The minimum Gasteiger partial charge on any atom is -0.490 e. The number of hydrogen-bond acceptors (Lipinski definition) is 4. The summed E-state index contributed by atoms with van der Waals surface area (Å²) < 4.78 is 11.3. The monoisotopic (exact) mass is 329 g/mol. The number of carbonyl (C=O) groups is 1. The van der Waals surface area contributed by atoms with E-state index in [0.29, 0.717) is 19.8 Å². The first-order chi connectivity index (χ1) is 11.2. The number of fused-ring (bicyclic) bond motifs is 1. The highest BCUT2D eigenvalue weighted by molar-refractivity contribution is 7.07. The quantitative estimate of drug-likeness (QED) is 0.805. The topological polar surface area (TPSA) is 38.8 Å². The summed E-state index contributed by atoms with van der Waals surface area (Å²) in [6.45, 7) is 1.95. The molecule has 0 unspecified atom stereocenters. The molecule has 1 amide bonds. The molecule has 23 heavy (non-hydrogen) atoms. The Morgan fingerprint density at radius 2 is 2.09 bits per heavy atom. The van der Waals surface area contributed by atoms with Crippen LogP contribution in [0.15, 0.2) is 41.1 Å². The number of carbonyl (C=O) groups excluding carboxylic acids is 1. The van der Waals surface area contributed by atoms with Crippen LogP contribution < -0.4 is 9.47 Å². The number of amides is 1. The van der Waals surface area contributed by atoms with Gasteiger partial charge in [0.05, 0.1) is 13.2 Å². The largest absolute Gasteiger partial charge is 0.490 e. The molecule has 0 radical (unpaired) electrons. The predicted molar refractivity (Wildman–Crippen MR) is 91.9 cm³/mol. The second kappa shape index (κ2) is 7.33. The SMILES string of the molecule is CN(Cc1ccsc1)C(=O)/C=C/c1ccc2c(c1)OCCCO2. The van der Waals surface area contributed by atoms with Crippen molar-refractivity contribution in [2.45, 2.75) is 13.0 Å². The van der Waals surface area contributed by atoms with E-state index < -0.39 is 0 Å². The summed E-state index contributed by atoms with van der Waals surface area (Å²) in [4.78, 5) is 13.9. The van der Waals surface area contributed by atoms with Crippen molar-refractivity contribution < 1.29 is 14.3 Å². The molecule has 0 bridgehead atoms. The normalized spacial score (nSPS) is 13.8. The fraction of sp³-hybridized carbons (Fsp3) is 0.278. The number of benzene rings is 1. The van der Waals surface area contributed by atoms with E-state index in [2.05, 4.69) is 5.38 Å². The van der Waals surface area contributed by atoms with Crippen LogP contribution in [0.2, 0.25) is 0 Å². The van der Waals surface area contributed by atoms with E-state index in [9.17, 15) is 4.79 Å². The molecule has 5 heteroatoms. The van der Waals surface area contributed by atoms with Gasteiger partial charge in [0.15, 0.2) is 11.5 Å². The van der Waals surface area contributed by atoms with E-state index in [-0.39, 0.29) is 5.91 Å². The summed E-state index contributed by atoms with van der Waals surface area (Å²) in [7, 11) is 1.80. The minimum absolute atomic E-state index is 0.0247. The van der Waals surface area contributed by atoms with Gasteiger partial charge in [-0.05, 0) is 46.2 Å². The fourth-order valence-electron chi connectivity index (χ4n) is 2.31. The van der Waals surface area contributed by atoms with Crippen LogP contribution in [0.3, 0.4) is 0 Å². The molecule has 0 aliphatic carbocycles. The lowest BCUT2D eigenvalue weighted by Crippen LogP contribution is -2.23. The lowest BCUT2D eigenvalue weighted by atomic mass is 10.2. The third-order valence-electron chi connectivity index (χ3n) is 3.57. The molecule has 1 aliphatic heterocycles. The van der Waals surface area contributed by atoms with Crippen LogP contribution in [-0.4, -0.2) is 31.1 Å². The van der Waals surface area contributed by atoms with Gasteiger partial charge < -0.3 is 14.4 Å². The van der Waals surface area contributed by atoms with Gasteiger partial charge in [0.25, 0.3) is 0 Å². The Balaban J connectivity index is 1.65. The molecule has 2 aromatic rings. The van der Waals surface area contributed by atoms with Crippen molar-refractivity contribution in [1.29, 1.82) is 0 Å². The highest BCUT2D eigenvalue weighted by atomic mass is 32.1. The molecule has 2 heterocycles. The minimum atomic E-state index is -0.0247. The summed E-state index contributed by atoms with van der Waals surface area (Å²) in [6, 6.07) is 7.75. The van der Waals surface area contributed by atoms with Gasteiger partial charge >= 0.3 is 0 Å². The van der Waals surface area contributed by atoms with Crippen molar-refractivity contribution in [2.75, 3.05) is 20.3 Å². The van der Waals surface area contributed by atoms with Crippen LogP contribution in [-0.2, 0) is 11.3 Å². The smallest absolute Gasteiger partial charge is 0.246 e. The molecule has 1 aromatic carbocycles. The number of rotatable bonds is 4. The van der Waals surface area contributed by atoms with Crippen LogP contribution in [0.5, 0.6) is 11.5 Å². The lowest BCUT2D eigenvalue weighted by molar-refractivity contribution is -0.125. The number of thiophene rings is 1. The molecule has 0 spiro atoms. The van der Waals surface area contributed by atoms with Gasteiger partial charge in [0.2, 0.25) is 5.91 Å². The fourth-order valence-corrected chi connectivity index (χ4v) is 2.97. The summed E-state index contributed by atoms with van der Waals surface area (Å²) in [5.74, 6) is 1.48. The van der Waals surface area contributed by atoms with E-state index in [0.717, 1.165) is 29.0 Å². The zero-order chi connectivity index (χ0) is 16.1. The van der Waals surface area contributed by atoms with E-state index in [1.807, 2.05) is 29.6 Å². The molecule has 0 atom stereocenters. The van der Waals surface area contributed by atoms with Gasteiger partial charge in [-0.15, -0.1) is 0 Å². The first-order valence-corrected chi connectivity index (χ1v) is 8.50. The van der Waals surface area contributed by atoms with Gasteiger partial charge in [0.1, 0.15) is 0 Å². The molecule has 1 aromatic heterocycles. The van der Waals surface area contributed by atoms with E-state index >= 15 is 0 Å². The van der Waals surface area contributed by atoms with Crippen molar-refractivity contribution >= 4 is 23.3 Å². The Morgan fingerprint density at radius 3 is 2.87 bits per heavy atom. The molecule has 120 valence electrons. The molecule has 0 saturated heterocycles. The molecule has 4 nitrogen and oxygen atoms in total. The van der Waals surface area contributed by atoms with Crippen molar-refractivity contribution in [1.82, 2.24) is 4.90 Å². The van der Waals surface area contributed by atoms with Crippen LogP contribution >= 0.6 is 11.3 Å². The summed E-state index contributed by atoms with van der Waals surface area (Å²) >= 11 is 1.64. The average Bonchev–Trinajstić information content (AvgIpc) is 2.95. The molecular weight excluding hydrogens is 310 g/mol. The van der Waals surface area contributed by atoms with Gasteiger partial charge in [-0.25, -0.2) is 0 Å². The zero-order valence-electron chi connectivity index (χ0n) is 13.0. The first kappa shape index (κ1) is 15.6. The lowest BCUT2D eigenvalue weighted by Gasteiger charge is -2.14. The Morgan fingerprint density at radius 1 is 1.26 bits per heavy atom.